The minimum atomic E-state index is -4.21. The Balaban J connectivity index is 2.72. The number of rotatable bonds is 4. The van der Waals surface area contributed by atoms with Crippen LogP contribution in [0, 0.1) is 5.92 Å². The van der Waals surface area contributed by atoms with Crippen LogP contribution in [0.25, 0.3) is 0 Å². The normalized spacial score (nSPS) is 31.1. The molecule has 0 aromatic heterocycles. The van der Waals surface area contributed by atoms with E-state index in [2.05, 4.69) is 5.32 Å². The van der Waals surface area contributed by atoms with Gasteiger partial charge in [-0.3, -0.25) is 10.1 Å². The van der Waals surface area contributed by atoms with Crippen LogP contribution in [-0.2, 0) is 4.79 Å². The molecule has 1 saturated carbocycles. The highest BCUT2D eigenvalue weighted by atomic mass is 19.4. The Bertz CT molecular complexity index is 296. The lowest BCUT2D eigenvalue weighted by Gasteiger charge is -2.39. The van der Waals surface area contributed by atoms with E-state index in [0.717, 1.165) is 6.42 Å². The van der Waals surface area contributed by atoms with Crippen LogP contribution in [0.15, 0.2) is 0 Å². The standard InChI is InChI=1S/C12H20F3NO2/c1-3-8(2)16-11(10(17)18)6-4-9(5-7-11)12(13,14)15/h8-9,16H,3-7H2,1-2H3,(H,17,18). The molecule has 3 nitrogen and oxygen atoms in total. The fourth-order valence-corrected chi connectivity index (χ4v) is 2.43. The van der Waals surface area contributed by atoms with Crippen LogP contribution in [0.2, 0.25) is 0 Å². The summed E-state index contributed by atoms with van der Waals surface area (Å²) in [6.07, 6.45) is -3.61. The second kappa shape index (κ2) is 5.47. The van der Waals surface area contributed by atoms with Crippen LogP contribution in [0.4, 0.5) is 13.2 Å². The van der Waals surface area contributed by atoms with Crippen LogP contribution in [0.5, 0.6) is 0 Å². The van der Waals surface area contributed by atoms with Gasteiger partial charge in [-0.05, 0) is 39.0 Å². The minimum absolute atomic E-state index is 0.0106. The number of carboxylic acids is 1. The summed E-state index contributed by atoms with van der Waals surface area (Å²) in [4.78, 5) is 11.3. The van der Waals surface area contributed by atoms with Crippen molar-refractivity contribution in [2.75, 3.05) is 0 Å². The molecule has 0 bridgehead atoms. The van der Waals surface area contributed by atoms with Crippen LogP contribution >= 0.6 is 0 Å². The van der Waals surface area contributed by atoms with Crippen molar-refractivity contribution in [1.29, 1.82) is 0 Å². The maximum absolute atomic E-state index is 12.6. The molecule has 1 unspecified atom stereocenters. The van der Waals surface area contributed by atoms with Gasteiger partial charge in [0.2, 0.25) is 0 Å². The molecule has 1 aliphatic carbocycles. The van der Waals surface area contributed by atoms with Gasteiger partial charge < -0.3 is 5.11 Å². The minimum Gasteiger partial charge on any atom is -0.480 e. The van der Waals surface area contributed by atoms with Gasteiger partial charge in [0, 0.05) is 6.04 Å². The topological polar surface area (TPSA) is 49.3 Å². The van der Waals surface area contributed by atoms with Crippen molar-refractivity contribution >= 4 is 5.97 Å². The summed E-state index contributed by atoms with van der Waals surface area (Å²) in [5.74, 6) is -2.40. The van der Waals surface area contributed by atoms with E-state index in [9.17, 15) is 23.1 Å². The lowest BCUT2D eigenvalue weighted by Crippen LogP contribution is -2.57. The molecule has 0 saturated heterocycles. The van der Waals surface area contributed by atoms with Gasteiger partial charge in [-0.15, -0.1) is 0 Å². The predicted octanol–water partition coefficient (Wildman–Crippen LogP) is 2.95. The highest BCUT2D eigenvalue weighted by Gasteiger charge is 2.49. The Labute approximate surface area is 105 Å². The molecular formula is C12H20F3NO2. The third-order valence-corrected chi connectivity index (χ3v) is 3.85. The average molecular weight is 267 g/mol. The molecule has 0 amide bonds. The summed E-state index contributed by atoms with van der Waals surface area (Å²) in [6, 6.07) is -0.0106. The van der Waals surface area contributed by atoms with Gasteiger partial charge in [0.1, 0.15) is 5.54 Å². The molecule has 1 atom stereocenters. The van der Waals surface area contributed by atoms with Crippen molar-refractivity contribution in [3.63, 3.8) is 0 Å². The number of hydrogen-bond donors (Lipinski definition) is 2. The van der Waals surface area contributed by atoms with E-state index in [1.165, 1.54) is 0 Å². The highest BCUT2D eigenvalue weighted by Crippen LogP contribution is 2.41. The number of halogens is 3. The van der Waals surface area contributed by atoms with Gasteiger partial charge in [0.15, 0.2) is 0 Å². The van der Waals surface area contributed by atoms with Crippen LogP contribution < -0.4 is 5.32 Å². The molecular weight excluding hydrogens is 247 g/mol. The van der Waals surface area contributed by atoms with Crippen molar-refractivity contribution in [3.8, 4) is 0 Å². The lowest BCUT2D eigenvalue weighted by molar-refractivity contribution is -0.188. The first-order chi connectivity index (χ1) is 8.21. The fourth-order valence-electron chi connectivity index (χ4n) is 2.43. The molecule has 2 N–H and O–H groups in total. The summed E-state index contributed by atoms with van der Waals surface area (Å²) in [5, 5.41) is 12.3. The number of carbonyl (C=O) groups is 1. The summed E-state index contributed by atoms with van der Waals surface area (Å²) >= 11 is 0. The first-order valence-electron chi connectivity index (χ1n) is 6.29. The van der Waals surface area contributed by atoms with E-state index in [1.54, 1.807) is 0 Å². The van der Waals surface area contributed by atoms with Crippen LogP contribution in [0.3, 0.4) is 0 Å². The summed E-state index contributed by atoms with van der Waals surface area (Å²) in [5.41, 5.74) is -1.18. The molecule has 0 aliphatic heterocycles. The molecule has 0 aromatic rings. The maximum atomic E-state index is 12.6. The molecule has 1 aliphatic rings. The molecule has 106 valence electrons. The average Bonchev–Trinajstić information content (AvgIpc) is 2.28. The quantitative estimate of drug-likeness (QED) is 0.823. The zero-order chi connectivity index (χ0) is 14.0. The zero-order valence-electron chi connectivity index (χ0n) is 10.7. The van der Waals surface area contributed by atoms with E-state index in [4.69, 9.17) is 0 Å². The number of hydrogen-bond acceptors (Lipinski definition) is 2. The maximum Gasteiger partial charge on any atom is 0.391 e. The molecule has 6 heteroatoms. The van der Waals surface area contributed by atoms with Gasteiger partial charge >= 0.3 is 12.1 Å². The Morgan fingerprint density at radius 3 is 2.28 bits per heavy atom. The SMILES string of the molecule is CCC(C)NC1(C(=O)O)CCC(C(F)(F)F)CC1. The van der Waals surface area contributed by atoms with Gasteiger partial charge in [0.25, 0.3) is 0 Å². The largest absolute Gasteiger partial charge is 0.480 e. The third kappa shape index (κ3) is 3.37. The van der Waals surface area contributed by atoms with Gasteiger partial charge in [-0.25, -0.2) is 0 Å². The first-order valence-corrected chi connectivity index (χ1v) is 6.29. The smallest absolute Gasteiger partial charge is 0.391 e. The van der Waals surface area contributed by atoms with Crippen molar-refractivity contribution in [3.05, 3.63) is 0 Å². The Morgan fingerprint density at radius 1 is 1.44 bits per heavy atom. The van der Waals surface area contributed by atoms with Crippen molar-refractivity contribution < 1.29 is 23.1 Å². The first kappa shape index (κ1) is 15.3. The molecule has 18 heavy (non-hydrogen) atoms. The number of carboxylic acid groups (broad SMARTS) is 1. The summed E-state index contributed by atoms with van der Waals surface area (Å²) in [7, 11) is 0. The zero-order valence-corrected chi connectivity index (χ0v) is 10.7. The van der Waals surface area contributed by atoms with Crippen molar-refractivity contribution in [1.82, 2.24) is 5.32 Å². The molecule has 0 radical (unpaired) electrons. The number of alkyl halides is 3. The van der Waals surface area contributed by atoms with E-state index < -0.39 is 23.6 Å². The van der Waals surface area contributed by atoms with Gasteiger partial charge in [-0.2, -0.15) is 13.2 Å². The Morgan fingerprint density at radius 2 is 1.94 bits per heavy atom. The second-order valence-electron chi connectivity index (χ2n) is 5.16. The summed E-state index contributed by atoms with van der Waals surface area (Å²) in [6.45, 7) is 3.76. The molecule has 1 rings (SSSR count). The monoisotopic (exact) mass is 267 g/mol. The van der Waals surface area contributed by atoms with E-state index >= 15 is 0 Å². The van der Waals surface area contributed by atoms with Gasteiger partial charge in [-0.1, -0.05) is 6.92 Å². The third-order valence-electron chi connectivity index (χ3n) is 3.85. The second-order valence-corrected chi connectivity index (χ2v) is 5.16. The number of nitrogens with one attached hydrogen (secondary N) is 1. The van der Waals surface area contributed by atoms with Crippen molar-refractivity contribution in [2.24, 2.45) is 5.92 Å². The molecule has 0 aromatic carbocycles. The fraction of sp³-hybridized carbons (Fsp3) is 0.917. The van der Waals surface area contributed by atoms with Crippen LogP contribution in [0.1, 0.15) is 46.0 Å². The lowest BCUT2D eigenvalue weighted by atomic mass is 9.75. The van der Waals surface area contributed by atoms with E-state index in [-0.39, 0.29) is 31.7 Å². The van der Waals surface area contributed by atoms with Gasteiger partial charge in [0.05, 0.1) is 5.92 Å². The molecule has 0 spiro atoms. The van der Waals surface area contributed by atoms with E-state index in [0.29, 0.717) is 0 Å². The number of aliphatic carboxylic acids is 1. The molecule has 1 fully saturated rings. The van der Waals surface area contributed by atoms with Crippen LogP contribution in [-0.4, -0.2) is 28.8 Å². The molecule has 0 heterocycles. The summed E-state index contributed by atoms with van der Waals surface area (Å²) < 4.78 is 37.7. The predicted molar refractivity (Wildman–Crippen MR) is 61.3 cm³/mol. The Hall–Kier alpha value is -0.780. The van der Waals surface area contributed by atoms with E-state index in [1.807, 2.05) is 13.8 Å². The highest BCUT2D eigenvalue weighted by molar-refractivity contribution is 5.79. The Kier molecular flexibility index (Phi) is 4.64. The van der Waals surface area contributed by atoms with Crippen molar-refractivity contribution in [2.45, 2.75) is 63.7 Å².